The highest BCUT2D eigenvalue weighted by molar-refractivity contribution is 6.00. The maximum Gasteiger partial charge on any atom is 0.416 e. The molecule has 1 amide bonds. The molecule has 5 rings (SSSR count). The van der Waals surface area contributed by atoms with E-state index in [1.165, 1.54) is 0 Å². The van der Waals surface area contributed by atoms with Crippen molar-refractivity contribution in [2.45, 2.75) is 44.8 Å². The first-order chi connectivity index (χ1) is 16.7. The molecule has 1 aliphatic carbocycles. The monoisotopic (exact) mass is 481 g/mol. The molecular formula is C26H26F3N5O. The van der Waals surface area contributed by atoms with Crippen LogP contribution >= 0.6 is 0 Å². The van der Waals surface area contributed by atoms with Gasteiger partial charge in [-0.1, -0.05) is 17.7 Å². The molecule has 1 saturated carbocycles. The Labute approximate surface area is 201 Å². The molecule has 2 aliphatic rings. The normalized spacial score (nSPS) is 18.6. The van der Waals surface area contributed by atoms with Gasteiger partial charge in [0.15, 0.2) is 5.82 Å². The van der Waals surface area contributed by atoms with Gasteiger partial charge < -0.3 is 10.2 Å². The standard InChI is InChI=1S/C26H26F3N5O/c1-17-3-4-20(23-32-9-2-10-33-23)21(13-17)24(35)34-16-25(7-8-25)15-19(34)6-12-31-22-14-18(5-11-30-22)26(27,28)29/h2-5,9-11,13-14,19H,6-8,12,15-16H2,1H3,(H,30,31). The highest BCUT2D eigenvalue weighted by atomic mass is 19.4. The Morgan fingerprint density at radius 3 is 2.60 bits per heavy atom. The van der Waals surface area contributed by atoms with Gasteiger partial charge in [0.2, 0.25) is 0 Å². The highest BCUT2D eigenvalue weighted by Crippen LogP contribution is 2.55. The van der Waals surface area contributed by atoms with Crippen LogP contribution in [0.2, 0.25) is 0 Å². The molecule has 2 fully saturated rings. The van der Waals surface area contributed by atoms with Crippen molar-refractivity contribution in [3.8, 4) is 11.4 Å². The number of pyridine rings is 1. The van der Waals surface area contributed by atoms with Gasteiger partial charge in [-0.2, -0.15) is 13.2 Å². The zero-order valence-electron chi connectivity index (χ0n) is 19.3. The third-order valence-corrected chi connectivity index (χ3v) is 6.92. The Kier molecular flexibility index (Phi) is 5.94. The van der Waals surface area contributed by atoms with E-state index in [1.807, 2.05) is 30.0 Å². The molecule has 3 heterocycles. The maximum atomic E-state index is 13.8. The van der Waals surface area contributed by atoms with Crippen LogP contribution in [0.1, 0.15) is 47.2 Å². The number of rotatable bonds is 6. The number of aryl methyl sites for hydroxylation is 1. The molecule has 6 nitrogen and oxygen atoms in total. The van der Waals surface area contributed by atoms with Crippen molar-refractivity contribution in [1.29, 1.82) is 0 Å². The molecule has 1 saturated heterocycles. The summed E-state index contributed by atoms with van der Waals surface area (Å²) in [4.78, 5) is 28.4. The molecule has 0 bridgehead atoms. The first-order valence-corrected chi connectivity index (χ1v) is 11.7. The second-order valence-corrected chi connectivity index (χ2v) is 9.56. The first-order valence-electron chi connectivity index (χ1n) is 11.7. The summed E-state index contributed by atoms with van der Waals surface area (Å²) in [6.07, 6.45) is 3.76. The number of hydrogen-bond donors (Lipinski definition) is 1. The minimum Gasteiger partial charge on any atom is -0.370 e. The molecule has 1 aromatic carbocycles. The van der Waals surface area contributed by atoms with E-state index in [1.54, 1.807) is 18.5 Å². The van der Waals surface area contributed by atoms with E-state index in [-0.39, 0.29) is 23.2 Å². The van der Waals surface area contributed by atoms with Crippen molar-refractivity contribution in [3.05, 3.63) is 71.7 Å². The Morgan fingerprint density at radius 1 is 1.11 bits per heavy atom. The summed E-state index contributed by atoms with van der Waals surface area (Å²) in [5.41, 5.74) is 1.68. The van der Waals surface area contributed by atoms with Gasteiger partial charge in [0, 0.05) is 43.3 Å². The Hall–Kier alpha value is -3.49. The van der Waals surface area contributed by atoms with E-state index < -0.39 is 11.7 Å². The molecule has 182 valence electrons. The number of nitrogens with one attached hydrogen (secondary N) is 1. The third kappa shape index (κ3) is 4.99. The number of aromatic nitrogens is 3. The lowest BCUT2D eigenvalue weighted by atomic mass is 10.0. The number of alkyl halides is 3. The summed E-state index contributed by atoms with van der Waals surface area (Å²) in [5, 5.41) is 3.01. The second-order valence-electron chi connectivity index (χ2n) is 9.56. The lowest BCUT2D eigenvalue weighted by molar-refractivity contribution is -0.137. The fraction of sp³-hybridized carbons (Fsp3) is 0.385. The van der Waals surface area contributed by atoms with Crippen LogP contribution in [-0.4, -0.2) is 44.9 Å². The Morgan fingerprint density at radius 2 is 1.89 bits per heavy atom. The second kappa shape index (κ2) is 8.94. The maximum absolute atomic E-state index is 13.8. The number of benzene rings is 1. The molecule has 1 spiro atoms. The van der Waals surface area contributed by atoms with Gasteiger partial charge in [-0.25, -0.2) is 15.0 Å². The van der Waals surface area contributed by atoms with Gasteiger partial charge in [0.1, 0.15) is 5.82 Å². The van der Waals surface area contributed by atoms with Crippen LogP contribution in [0.4, 0.5) is 19.0 Å². The number of nitrogens with zero attached hydrogens (tertiary/aromatic N) is 4. The number of anilines is 1. The number of hydrogen-bond acceptors (Lipinski definition) is 5. The van der Waals surface area contributed by atoms with Crippen LogP contribution in [0.3, 0.4) is 0 Å². The quantitative estimate of drug-likeness (QED) is 0.513. The summed E-state index contributed by atoms with van der Waals surface area (Å²) in [6.45, 7) is 3.06. The van der Waals surface area contributed by atoms with Gasteiger partial charge in [0.05, 0.1) is 11.1 Å². The fourth-order valence-corrected chi connectivity index (χ4v) is 4.89. The van der Waals surface area contributed by atoms with Crippen LogP contribution in [0.25, 0.3) is 11.4 Å². The van der Waals surface area contributed by atoms with Crippen LogP contribution < -0.4 is 5.32 Å². The predicted molar refractivity (Wildman–Crippen MR) is 126 cm³/mol. The number of amides is 1. The van der Waals surface area contributed by atoms with Gasteiger partial charge in [-0.05, 0) is 62.3 Å². The molecule has 0 radical (unpaired) electrons. The van der Waals surface area contributed by atoms with Crippen molar-refractivity contribution in [3.63, 3.8) is 0 Å². The van der Waals surface area contributed by atoms with E-state index in [0.29, 0.717) is 36.5 Å². The van der Waals surface area contributed by atoms with Gasteiger partial charge in [-0.15, -0.1) is 0 Å². The molecular weight excluding hydrogens is 455 g/mol. The minimum atomic E-state index is -4.42. The zero-order valence-corrected chi connectivity index (χ0v) is 19.3. The van der Waals surface area contributed by atoms with E-state index in [2.05, 4.69) is 20.3 Å². The fourth-order valence-electron chi connectivity index (χ4n) is 4.89. The lowest BCUT2D eigenvalue weighted by Gasteiger charge is -2.26. The number of carbonyl (C=O) groups excluding carboxylic acids is 1. The molecule has 1 unspecified atom stereocenters. The number of halogens is 3. The predicted octanol–water partition coefficient (Wildman–Crippen LogP) is 5.36. The summed E-state index contributed by atoms with van der Waals surface area (Å²) >= 11 is 0. The molecule has 35 heavy (non-hydrogen) atoms. The Bertz CT molecular complexity index is 1230. The van der Waals surface area contributed by atoms with Crippen LogP contribution in [0.5, 0.6) is 0 Å². The molecule has 1 N–H and O–H groups in total. The molecule has 9 heteroatoms. The third-order valence-electron chi connectivity index (χ3n) is 6.92. The van der Waals surface area contributed by atoms with Crippen LogP contribution in [0.15, 0.2) is 55.0 Å². The van der Waals surface area contributed by atoms with E-state index in [9.17, 15) is 18.0 Å². The van der Waals surface area contributed by atoms with Crippen LogP contribution in [-0.2, 0) is 6.18 Å². The summed E-state index contributed by atoms with van der Waals surface area (Å²) < 4.78 is 39.0. The topological polar surface area (TPSA) is 71.0 Å². The van der Waals surface area contributed by atoms with Crippen molar-refractivity contribution >= 4 is 11.7 Å². The molecule has 1 atom stereocenters. The van der Waals surface area contributed by atoms with Crippen molar-refractivity contribution in [2.24, 2.45) is 5.41 Å². The van der Waals surface area contributed by atoms with Gasteiger partial charge in [0.25, 0.3) is 5.91 Å². The highest BCUT2D eigenvalue weighted by Gasteiger charge is 2.53. The summed E-state index contributed by atoms with van der Waals surface area (Å²) in [5.74, 6) is 0.631. The molecule has 1 aliphatic heterocycles. The average Bonchev–Trinajstić information content (AvgIpc) is 3.50. The SMILES string of the molecule is Cc1ccc(-c2ncccn2)c(C(=O)N2CC3(CC3)CC2CCNc2cc(C(F)(F)F)ccn2)c1. The lowest BCUT2D eigenvalue weighted by Crippen LogP contribution is -2.37. The average molecular weight is 482 g/mol. The van der Waals surface area contributed by atoms with Crippen molar-refractivity contribution < 1.29 is 18.0 Å². The van der Waals surface area contributed by atoms with Crippen LogP contribution in [0, 0.1) is 12.3 Å². The van der Waals surface area contributed by atoms with Crippen molar-refractivity contribution in [1.82, 2.24) is 19.9 Å². The van der Waals surface area contributed by atoms with Gasteiger partial charge in [-0.3, -0.25) is 4.79 Å². The minimum absolute atomic E-state index is 0.00615. The van der Waals surface area contributed by atoms with E-state index in [0.717, 1.165) is 43.2 Å². The number of carbonyl (C=O) groups is 1. The van der Waals surface area contributed by atoms with Gasteiger partial charge >= 0.3 is 6.18 Å². The number of likely N-dealkylation sites (tertiary alicyclic amines) is 1. The Balaban J connectivity index is 1.34. The molecule has 2 aromatic heterocycles. The largest absolute Gasteiger partial charge is 0.416 e. The van der Waals surface area contributed by atoms with E-state index >= 15 is 0 Å². The smallest absolute Gasteiger partial charge is 0.370 e. The van der Waals surface area contributed by atoms with Crippen molar-refractivity contribution in [2.75, 3.05) is 18.4 Å². The summed E-state index contributed by atoms with van der Waals surface area (Å²) in [6, 6.07) is 9.41. The van der Waals surface area contributed by atoms with E-state index in [4.69, 9.17) is 0 Å². The molecule has 3 aromatic rings. The zero-order chi connectivity index (χ0) is 24.6. The first kappa shape index (κ1) is 23.3. The summed E-state index contributed by atoms with van der Waals surface area (Å²) in [7, 11) is 0.